The predicted molar refractivity (Wildman–Crippen MR) is 334 cm³/mol. The third-order valence-corrected chi connectivity index (χ3v) is 16.0. The van der Waals surface area contributed by atoms with Crippen molar-refractivity contribution in [1.29, 1.82) is 0 Å². The van der Waals surface area contributed by atoms with E-state index < -0.39 is 0 Å². The van der Waals surface area contributed by atoms with Crippen molar-refractivity contribution < 1.29 is 4.42 Å². The van der Waals surface area contributed by atoms with Crippen LogP contribution in [0.15, 0.2) is 290 Å². The molecule has 12 aromatic carbocycles. The number of benzene rings is 12. The second-order valence-electron chi connectivity index (χ2n) is 20.6. The minimum atomic E-state index is 0.544. The molecule has 16 rings (SSSR count). The topological polar surface area (TPSA) is 61.7 Å². The first-order valence-corrected chi connectivity index (χ1v) is 27.4. The van der Waals surface area contributed by atoms with Crippen molar-refractivity contribution in [2.75, 3.05) is 0 Å². The summed E-state index contributed by atoms with van der Waals surface area (Å²) < 4.78 is 11.5. The SMILES string of the molecule is c1ccc(-c2ccc3c4c(-c5cccc6c5c5ccccc5n6-c5ccccc5)cccc4n(-c4ccccc4-c4nc(-c5ccccc5-c5ccccc5)nc(-c5cccc6oc7cccc(-c8ccccc8)c7c56)n4)c3c2)cc1. The number of fused-ring (bicyclic) bond motifs is 9. The molecule has 81 heavy (non-hydrogen) atoms. The van der Waals surface area contributed by atoms with E-state index in [9.17, 15) is 0 Å². The van der Waals surface area contributed by atoms with E-state index in [1.165, 1.54) is 21.9 Å². The number of nitrogens with zero attached hydrogens (tertiary/aromatic N) is 5. The molecular formula is C75H47N5O. The van der Waals surface area contributed by atoms with Gasteiger partial charge in [0.15, 0.2) is 17.5 Å². The van der Waals surface area contributed by atoms with Gasteiger partial charge in [-0.25, -0.2) is 15.0 Å². The first kappa shape index (κ1) is 46.2. The number of hydrogen-bond donors (Lipinski definition) is 0. The maximum atomic E-state index is 6.71. The summed E-state index contributed by atoms with van der Waals surface area (Å²) in [6, 6.07) is 101. The summed E-state index contributed by atoms with van der Waals surface area (Å²) in [7, 11) is 0. The Hall–Kier alpha value is -11.0. The van der Waals surface area contributed by atoms with Gasteiger partial charge < -0.3 is 13.6 Å². The van der Waals surface area contributed by atoms with Crippen LogP contribution in [-0.4, -0.2) is 24.1 Å². The zero-order chi connectivity index (χ0) is 53.4. The van der Waals surface area contributed by atoms with Crippen molar-refractivity contribution in [1.82, 2.24) is 24.1 Å². The molecule has 4 aromatic heterocycles. The van der Waals surface area contributed by atoms with Crippen LogP contribution < -0.4 is 0 Å². The molecule has 0 amide bonds. The Kier molecular flexibility index (Phi) is 10.8. The fourth-order valence-electron chi connectivity index (χ4n) is 12.5. The van der Waals surface area contributed by atoms with Gasteiger partial charge in [-0.05, 0) is 105 Å². The number of rotatable bonds is 9. The van der Waals surface area contributed by atoms with Crippen LogP contribution in [-0.2, 0) is 0 Å². The van der Waals surface area contributed by atoms with Gasteiger partial charge in [0.05, 0.1) is 27.8 Å². The minimum absolute atomic E-state index is 0.544. The first-order valence-electron chi connectivity index (χ1n) is 27.4. The molecule has 0 saturated heterocycles. The largest absolute Gasteiger partial charge is 0.456 e. The predicted octanol–water partition coefficient (Wildman–Crippen LogP) is 19.6. The molecule has 0 saturated carbocycles. The molecule has 0 atom stereocenters. The lowest BCUT2D eigenvalue weighted by molar-refractivity contribution is 0.669. The molecule has 0 bridgehead atoms. The number of aromatic nitrogens is 5. The van der Waals surface area contributed by atoms with E-state index in [0.717, 1.165) is 116 Å². The van der Waals surface area contributed by atoms with E-state index in [2.05, 4.69) is 270 Å². The highest BCUT2D eigenvalue weighted by Gasteiger charge is 2.26. The number of para-hydroxylation sites is 3. The molecule has 0 N–H and O–H groups in total. The third-order valence-electron chi connectivity index (χ3n) is 16.0. The molecular weight excluding hydrogens is 987 g/mol. The lowest BCUT2D eigenvalue weighted by Crippen LogP contribution is -2.04. The average Bonchev–Trinajstić information content (AvgIpc) is 4.35. The van der Waals surface area contributed by atoms with Crippen molar-refractivity contribution in [3.8, 4) is 90.0 Å². The zero-order valence-electron chi connectivity index (χ0n) is 43.8. The Balaban J connectivity index is 0.977. The van der Waals surface area contributed by atoms with E-state index >= 15 is 0 Å². The van der Waals surface area contributed by atoms with Gasteiger partial charge >= 0.3 is 0 Å². The number of hydrogen-bond acceptors (Lipinski definition) is 4. The van der Waals surface area contributed by atoms with Gasteiger partial charge in [-0.1, -0.05) is 224 Å². The first-order chi connectivity index (χ1) is 40.2. The average molecular weight is 1030 g/mol. The van der Waals surface area contributed by atoms with E-state index in [4.69, 9.17) is 19.4 Å². The molecule has 0 aliphatic carbocycles. The second kappa shape index (κ2) is 18.9. The summed E-state index contributed by atoms with van der Waals surface area (Å²) in [6.07, 6.45) is 0. The molecule has 0 spiro atoms. The van der Waals surface area contributed by atoms with Crippen LogP contribution in [0.2, 0.25) is 0 Å². The summed E-state index contributed by atoms with van der Waals surface area (Å²) >= 11 is 0. The van der Waals surface area contributed by atoms with Gasteiger partial charge in [0.25, 0.3) is 0 Å². The van der Waals surface area contributed by atoms with Crippen molar-refractivity contribution in [2.24, 2.45) is 0 Å². The Morgan fingerprint density at radius 1 is 0.247 bits per heavy atom. The molecule has 0 aliphatic heterocycles. The molecule has 4 heterocycles. The summed E-state index contributed by atoms with van der Waals surface area (Å²) in [4.78, 5) is 16.7. The standard InChI is InChI=1S/C75H47N5O/c1-5-23-48(24-6-1)51-45-46-59-66(47-51)80(65-42-20-37-56(70(59)65)55-36-19-41-64-69(55)58-33-15-17-39-62(58)79(64)52-29-11-4-12-30-52)63-40-18-16-34-60(63)74-76-73(57-32-14-13-31-53(57)49-25-7-2-8-26-49)77-75(78-74)61-38-22-44-68-72(61)71-54(35-21-43-67(71)81-68)50-27-9-3-10-28-50/h1-47H. The summed E-state index contributed by atoms with van der Waals surface area (Å²) in [5.74, 6) is 1.66. The summed E-state index contributed by atoms with van der Waals surface area (Å²) in [5, 5.41) is 6.68. The maximum absolute atomic E-state index is 6.71. The fourth-order valence-corrected chi connectivity index (χ4v) is 12.5. The highest BCUT2D eigenvalue weighted by Crippen LogP contribution is 2.47. The van der Waals surface area contributed by atoms with Gasteiger partial charge in [-0.2, -0.15) is 0 Å². The second-order valence-corrected chi connectivity index (χ2v) is 20.6. The minimum Gasteiger partial charge on any atom is -0.456 e. The molecule has 6 heteroatoms. The Bertz CT molecular complexity index is 5100. The van der Waals surface area contributed by atoms with E-state index in [0.29, 0.717) is 17.5 Å². The fraction of sp³-hybridized carbons (Fsp3) is 0. The molecule has 0 fully saturated rings. The van der Waals surface area contributed by atoms with Crippen molar-refractivity contribution in [3.05, 3.63) is 285 Å². The maximum Gasteiger partial charge on any atom is 0.166 e. The number of furan rings is 1. The molecule has 6 nitrogen and oxygen atoms in total. The van der Waals surface area contributed by atoms with Gasteiger partial charge in [-0.3, -0.25) is 0 Å². The lowest BCUT2D eigenvalue weighted by Gasteiger charge is -2.16. The van der Waals surface area contributed by atoms with Crippen LogP contribution in [0.25, 0.3) is 156 Å². The van der Waals surface area contributed by atoms with Crippen LogP contribution >= 0.6 is 0 Å². The zero-order valence-corrected chi connectivity index (χ0v) is 43.8. The summed E-state index contributed by atoms with van der Waals surface area (Å²) in [6.45, 7) is 0. The van der Waals surface area contributed by atoms with Crippen molar-refractivity contribution in [3.63, 3.8) is 0 Å². The Morgan fingerprint density at radius 2 is 0.691 bits per heavy atom. The van der Waals surface area contributed by atoms with E-state index in [1.54, 1.807) is 0 Å². The normalized spacial score (nSPS) is 11.7. The van der Waals surface area contributed by atoms with Gasteiger partial charge in [0, 0.05) is 54.7 Å². The lowest BCUT2D eigenvalue weighted by atomic mass is 9.95. The molecule has 0 unspecified atom stereocenters. The quantitative estimate of drug-likeness (QED) is 0.145. The van der Waals surface area contributed by atoms with Gasteiger partial charge in [-0.15, -0.1) is 0 Å². The molecule has 0 aliphatic rings. The smallest absolute Gasteiger partial charge is 0.166 e. The summed E-state index contributed by atoms with van der Waals surface area (Å²) in [5.41, 5.74) is 19.6. The van der Waals surface area contributed by atoms with Gasteiger partial charge in [0.2, 0.25) is 0 Å². The monoisotopic (exact) mass is 1030 g/mol. The van der Waals surface area contributed by atoms with E-state index in [1.807, 2.05) is 24.3 Å². The molecule has 378 valence electrons. The van der Waals surface area contributed by atoms with Crippen LogP contribution in [0.1, 0.15) is 0 Å². The van der Waals surface area contributed by atoms with E-state index in [-0.39, 0.29) is 0 Å². The molecule has 16 aromatic rings. The Morgan fingerprint density at radius 3 is 1.37 bits per heavy atom. The van der Waals surface area contributed by atoms with Crippen molar-refractivity contribution >= 4 is 65.6 Å². The molecule has 0 radical (unpaired) electrons. The van der Waals surface area contributed by atoms with Crippen molar-refractivity contribution in [2.45, 2.75) is 0 Å². The highest BCUT2D eigenvalue weighted by atomic mass is 16.3. The Labute approximate surface area is 466 Å². The third kappa shape index (κ3) is 7.53. The van der Waals surface area contributed by atoms with Crippen LogP contribution in [0.3, 0.4) is 0 Å². The van der Waals surface area contributed by atoms with Crippen LogP contribution in [0.5, 0.6) is 0 Å². The van der Waals surface area contributed by atoms with Crippen LogP contribution in [0, 0.1) is 0 Å². The van der Waals surface area contributed by atoms with Gasteiger partial charge in [0.1, 0.15) is 11.2 Å². The van der Waals surface area contributed by atoms with Crippen LogP contribution in [0.4, 0.5) is 0 Å². The highest BCUT2D eigenvalue weighted by molar-refractivity contribution is 6.23.